The molecule has 57 heavy (non-hydrogen) atoms. The molecule has 1 aliphatic rings. The first kappa shape index (κ1) is 33.0. The second-order valence-electron chi connectivity index (χ2n) is 14.8. The molecule has 0 atom stereocenters. The molecule has 0 aliphatic heterocycles. The molecule has 0 saturated carbocycles. The Morgan fingerprint density at radius 1 is 0.298 bits per heavy atom. The third-order valence-electron chi connectivity index (χ3n) is 11.8. The van der Waals surface area contributed by atoms with Crippen molar-refractivity contribution in [3.8, 4) is 56.2 Å². The summed E-state index contributed by atoms with van der Waals surface area (Å²) in [6.45, 7) is 0. The van der Waals surface area contributed by atoms with Crippen molar-refractivity contribution in [1.82, 2.24) is 9.97 Å². The van der Waals surface area contributed by atoms with Gasteiger partial charge < -0.3 is 0 Å². The molecule has 0 saturated heterocycles. The summed E-state index contributed by atoms with van der Waals surface area (Å²) in [4.78, 5) is 10.5. The fourth-order valence-corrected chi connectivity index (χ4v) is 9.36. The Morgan fingerprint density at radius 2 is 0.737 bits per heavy atom. The molecule has 2 nitrogen and oxygen atoms in total. The summed E-state index contributed by atoms with van der Waals surface area (Å²) in [5.74, 6) is 0.707. The van der Waals surface area contributed by atoms with Crippen LogP contribution in [0.3, 0.4) is 0 Å². The molecule has 0 fully saturated rings. The molecule has 9 aromatic carbocycles. The fourth-order valence-electron chi connectivity index (χ4n) is 9.36. The molecule has 1 aromatic heterocycles. The molecule has 2 heteroatoms. The van der Waals surface area contributed by atoms with E-state index in [9.17, 15) is 0 Å². The smallest absolute Gasteiger partial charge is 0.161 e. The number of aromatic nitrogens is 2. The average molecular weight is 725 g/mol. The fraction of sp³-hybridized carbons (Fsp3) is 0.0182. The van der Waals surface area contributed by atoms with E-state index in [1.807, 2.05) is 12.1 Å². The normalized spacial score (nSPS) is 12.7. The van der Waals surface area contributed by atoms with E-state index in [1.165, 1.54) is 55.3 Å². The maximum absolute atomic E-state index is 5.26. The highest BCUT2D eigenvalue weighted by Crippen LogP contribution is 2.60. The standard InChI is InChI=1S/C55H36N2/c1-5-19-38(20-6-1)50-36-51(39-21-7-2-8-22-39)57-54(56-50)49-35-34-45(43-28-15-16-29-44(43)49)46-30-17-31-47-48-33-32-37-18-13-14-27-42(37)52(48)55(53(46)47,40-23-9-3-10-24-40)41-25-11-4-12-26-41/h1-36H. The van der Waals surface area contributed by atoms with Gasteiger partial charge in [0.05, 0.1) is 16.8 Å². The van der Waals surface area contributed by atoms with Crippen LogP contribution < -0.4 is 0 Å². The second kappa shape index (κ2) is 13.4. The second-order valence-corrected chi connectivity index (χ2v) is 14.8. The third-order valence-corrected chi connectivity index (χ3v) is 11.8. The van der Waals surface area contributed by atoms with Crippen molar-refractivity contribution >= 4 is 21.5 Å². The molecule has 0 amide bonds. The summed E-state index contributed by atoms with van der Waals surface area (Å²) in [6, 6.07) is 78.8. The number of hydrogen-bond acceptors (Lipinski definition) is 2. The average Bonchev–Trinajstić information content (AvgIpc) is 3.62. The molecular formula is C55H36N2. The van der Waals surface area contributed by atoms with E-state index in [2.05, 4.69) is 206 Å². The quantitative estimate of drug-likeness (QED) is 0.171. The first-order valence-corrected chi connectivity index (χ1v) is 19.6. The lowest BCUT2D eigenvalue weighted by Crippen LogP contribution is -2.29. The highest BCUT2D eigenvalue weighted by molar-refractivity contribution is 6.08. The van der Waals surface area contributed by atoms with Gasteiger partial charge in [-0.25, -0.2) is 9.97 Å². The van der Waals surface area contributed by atoms with Crippen molar-refractivity contribution in [2.45, 2.75) is 5.41 Å². The van der Waals surface area contributed by atoms with E-state index in [1.54, 1.807) is 0 Å². The number of hydrogen-bond donors (Lipinski definition) is 0. The van der Waals surface area contributed by atoms with E-state index in [-0.39, 0.29) is 0 Å². The number of nitrogens with zero attached hydrogens (tertiary/aromatic N) is 2. The zero-order valence-corrected chi connectivity index (χ0v) is 31.2. The van der Waals surface area contributed by atoms with Crippen LogP contribution in [-0.2, 0) is 5.41 Å². The highest BCUT2D eigenvalue weighted by atomic mass is 14.9. The lowest BCUT2D eigenvalue weighted by atomic mass is 9.65. The lowest BCUT2D eigenvalue weighted by Gasteiger charge is -2.36. The Bertz CT molecular complexity index is 3000. The summed E-state index contributed by atoms with van der Waals surface area (Å²) in [5, 5.41) is 4.79. The Labute approximate surface area is 332 Å². The van der Waals surface area contributed by atoms with Gasteiger partial charge in [-0.2, -0.15) is 0 Å². The van der Waals surface area contributed by atoms with Crippen LogP contribution in [0, 0.1) is 0 Å². The van der Waals surface area contributed by atoms with E-state index >= 15 is 0 Å². The Balaban J connectivity index is 1.20. The van der Waals surface area contributed by atoms with Crippen LogP contribution in [0.25, 0.3) is 77.7 Å². The van der Waals surface area contributed by atoms with E-state index in [0.29, 0.717) is 5.82 Å². The Kier molecular flexibility index (Phi) is 7.75. The van der Waals surface area contributed by atoms with Crippen LogP contribution in [0.2, 0.25) is 0 Å². The molecule has 1 aliphatic carbocycles. The van der Waals surface area contributed by atoms with Crippen LogP contribution in [0.5, 0.6) is 0 Å². The molecule has 0 N–H and O–H groups in total. The number of benzene rings is 9. The molecule has 0 radical (unpaired) electrons. The minimum atomic E-state index is -0.581. The summed E-state index contributed by atoms with van der Waals surface area (Å²) >= 11 is 0. The van der Waals surface area contributed by atoms with Crippen LogP contribution >= 0.6 is 0 Å². The van der Waals surface area contributed by atoms with Gasteiger partial charge in [-0.1, -0.05) is 206 Å². The van der Waals surface area contributed by atoms with Crippen LogP contribution in [0.4, 0.5) is 0 Å². The van der Waals surface area contributed by atoms with Crippen LogP contribution in [0.1, 0.15) is 22.3 Å². The molecule has 0 unspecified atom stereocenters. The minimum absolute atomic E-state index is 0.581. The van der Waals surface area contributed by atoms with Gasteiger partial charge in [0, 0.05) is 16.7 Å². The minimum Gasteiger partial charge on any atom is -0.228 e. The monoisotopic (exact) mass is 724 g/mol. The maximum Gasteiger partial charge on any atom is 0.161 e. The van der Waals surface area contributed by atoms with Crippen molar-refractivity contribution < 1.29 is 0 Å². The van der Waals surface area contributed by atoms with Gasteiger partial charge >= 0.3 is 0 Å². The molecule has 10 aromatic rings. The largest absolute Gasteiger partial charge is 0.228 e. The van der Waals surface area contributed by atoms with Gasteiger partial charge in [-0.05, 0) is 78.2 Å². The zero-order valence-electron chi connectivity index (χ0n) is 31.2. The van der Waals surface area contributed by atoms with Gasteiger partial charge in [0.25, 0.3) is 0 Å². The van der Waals surface area contributed by atoms with Crippen molar-refractivity contribution in [3.63, 3.8) is 0 Å². The van der Waals surface area contributed by atoms with Crippen molar-refractivity contribution in [3.05, 3.63) is 241 Å². The third kappa shape index (κ3) is 5.18. The van der Waals surface area contributed by atoms with Gasteiger partial charge in [-0.15, -0.1) is 0 Å². The topological polar surface area (TPSA) is 25.8 Å². The molecule has 266 valence electrons. The number of fused-ring (bicyclic) bond motifs is 6. The summed E-state index contributed by atoms with van der Waals surface area (Å²) < 4.78 is 0. The van der Waals surface area contributed by atoms with E-state index in [4.69, 9.17) is 9.97 Å². The lowest BCUT2D eigenvalue weighted by molar-refractivity contribution is 0.777. The van der Waals surface area contributed by atoms with E-state index in [0.717, 1.165) is 38.9 Å². The number of rotatable bonds is 6. The van der Waals surface area contributed by atoms with Crippen LogP contribution in [-0.4, -0.2) is 9.97 Å². The molecule has 1 heterocycles. The molecular weight excluding hydrogens is 689 g/mol. The predicted molar refractivity (Wildman–Crippen MR) is 236 cm³/mol. The Hall–Kier alpha value is -7.42. The van der Waals surface area contributed by atoms with E-state index < -0.39 is 5.41 Å². The van der Waals surface area contributed by atoms with Gasteiger partial charge in [0.2, 0.25) is 0 Å². The first-order valence-electron chi connectivity index (χ1n) is 19.6. The van der Waals surface area contributed by atoms with Crippen molar-refractivity contribution in [2.24, 2.45) is 0 Å². The zero-order chi connectivity index (χ0) is 37.8. The summed E-state index contributed by atoms with van der Waals surface area (Å²) in [7, 11) is 0. The highest BCUT2D eigenvalue weighted by Gasteiger charge is 2.48. The molecule has 0 spiro atoms. The molecule has 11 rings (SSSR count). The predicted octanol–water partition coefficient (Wildman–Crippen LogP) is 13.8. The maximum atomic E-state index is 5.26. The summed E-state index contributed by atoms with van der Waals surface area (Å²) in [6.07, 6.45) is 0. The van der Waals surface area contributed by atoms with Crippen molar-refractivity contribution in [1.29, 1.82) is 0 Å². The Morgan fingerprint density at radius 3 is 1.33 bits per heavy atom. The molecule has 0 bridgehead atoms. The van der Waals surface area contributed by atoms with Gasteiger partial charge in [0.15, 0.2) is 5.82 Å². The van der Waals surface area contributed by atoms with Crippen molar-refractivity contribution in [2.75, 3.05) is 0 Å². The first-order chi connectivity index (χ1) is 28.3. The van der Waals surface area contributed by atoms with Gasteiger partial charge in [0.1, 0.15) is 0 Å². The van der Waals surface area contributed by atoms with Gasteiger partial charge in [-0.3, -0.25) is 0 Å². The van der Waals surface area contributed by atoms with Crippen LogP contribution in [0.15, 0.2) is 218 Å². The summed E-state index contributed by atoms with van der Waals surface area (Å²) in [5.41, 5.74) is 14.4. The SMILES string of the molecule is c1ccc(-c2cc(-c3ccccc3)nc(-c3ccc(-c4cccc5c4C(c4ccccc4)(c4ccccc4)c4c-5ccc5ccccc45)c4ccccc34)n2)cc1.